The molecule has 0 saturated carbocycles. The number of likely N-dealkylation sites (tertiary alicyclic amines) is 1. The number of hydrogen-bond acceptors (Lipinski definition) is 4. The summed E-state index contributed by atoms with van der Waals surface area (Å²) in [6, 6.07) is 20.6. The normalized spacial score (nSPS) is 19.1. The van der Waals surface area contributed by atoms with Gasteiger partial charge in [0.05, 0.1) is 6.54 Å². The van der Waals surface area contributed by atoms with Crippen LogP contribution in [-0.4, -0.2) is 47.4 Å². The first kappa shape index (κ1) is 21.0. The van der Waals surface area contributed by atoms with Gasteiger partial charge in [0.1, 0.15) is 30.3 Å². The zero-order chi connectivity index (χ0) is 22.9. The molecule has 1 saturated heterocycles. The maximum Gasteiger partial charge on any atom is 0.410 e. The third-order valence-electron chi connectivity index (χ3n) is 6.22. The number of rotatable bonds is 5. The van der Waals surface area contributed by atoms with Gasteiger partial charge in [-0.25, -0.2) is 14.0 Å². The minimum absolute atomic E-state index is 0.0458. The smallest absolute Gasteiger partial charge is 0.410 e. The Kier molecular flexibility index (Phi) is 5.46. The Balaban J connectivity index is 1.29. The standard InChI is InChI=1S/C26H22FNO5/c27-16-6-5-7-17(12-16)33-18-13-24(25(29)30)28(14-18)26(31)32-15-23-21-10-3-1-8-19(21)20-9-2-4-11-22(20)23/h1-12,18,23-24H,13-15H2,(H,29,30)/t18-,24+/m1/s1. The highest BCUT2D eigenvalue weighted by molar-refractivity contribution is 5.81. The fourth-order valence-corrected chi connectivity index (χ4v) is 4.73. The van der Waals surface area contributed by atoms with E-state index in [2.05, 4.69) is 0 Å². The molecule has 2 aliphatic rings. The van der Waals surface area contributed by atoms with E-state index in [0.717, 1.165) is 22.3 Å². The Bertz CT molecular complexity index is 1170. The molecule has 0 aromatic heterocycles. The lowest BCUT2D eigenvalue weighted by Gasteiger charge is -2.22. The van der Waals surface area contributed by atoms with Crippen LogP contribution >= 0.6 is 0 Å². The first-order valence-electron chi connectivity index (χ1n) is 10.8. The minimum atomic E-state index is -1.13. The summed E-state index contributed by atoms with van der Waals surface area (Å²) in [7, 11) is 0. The van der Waals surface area contributed by atoms with Crippen LogP contribution in [0.15, 0.2) is 72.8 Å². The van der Waals surface area contributed by atoms with Crippen molar-refractivity contribution in [2.75, 3.05) is 13.2 Å². The third kappa shape index (κ3) is 4.02. The van der Waals surface area contributed by atoms with Gasteiger partial charge in [0.25, 0.3) is 0 Å². The molecular formula is C26H22FNO5. The quantitative estimate of drug-likeness (QED) is 0.615. The van der Waals surface area contributed by atoms with E-state index >= 15 is 0 Å². The molecule has 0 radical (unpaired) electrons. The van der Waals surface area contributed by atoms with Crippen molar-refractivity contribution in [3.8, 4) is 16.9 Å². The van der Waals surface area contributed by atoms with Gasteiger partial charge in [-0.2, -0.15) is 0 Å². The van der Waals surface area contributed by atoms with Crippen LogP contribution < -0.4 is 4.74 Å². The van der Waals surface area contributed by atoms with Gasteiger partial charge >= 0.3 is 12.1 Å². The molecule has 1 heterocycles. The van der Waals surface area contributed by atoms with Crippen LogP contribution in [0.3, 0.4) is 0 Å². The second kappa shape index (κ2) is 8.58. The molecule has 7 heteroatoms. The molecule has 5 rings (SSSR count). The number of benzene rings is 3. The average molecular weight is 447 g/mol. The third-order valence-corrected chi connectivity index (χ3v) is 6.22. The van der Waals surface area contributed by atoms with E-state index in [9.17, 15) is 19.1 Å². The van der Waals surface area contributed by atoms with Crippen molar-refractivity contribution in [2.45, 2.75) is 24.5 Å². The molecule has 0 spiro atoms. The van der Waals surface area contributed by atoms with Gasteiger partial charge in [-0.05, 0) is 34.4 Å². The highest BCUT2D eigenvalue weighted by Crippen LogP contribution is 2.44. The molecule has 33 heavy (non-hydrogen) atoms. The highest BCUT2D eigenvalue weighted by Gasteiger charge is 2.42. The predicted molar refractivity (Wildman–Crippen MR) is 119 cm³/mol. The summed E-state index contributed by atoms with van der Waals surface area (Å²) in [4.78, 5) is 25.9. The van der Waals surface area contributed by atoms with E-state index in [-0.39, 0.29) is 25.5 Å². The van der Waals surface area contributed by atoms with Gasteiger partial charge in [0, 0.05) is 18.4 Å². The molecule has 1 amide bonds. The molecular weight excluding hydrogens is 425 g/mol. The zero-order valence-electron chi connectivity index (χ0n) is 17.7. The zero-order valence-corrected chi connectivity index (χ0v) is 17.7. The maximum atomic E-state index is 13.5. The van der Waals surface area contributed by atoms with Crippen LogP contribution in [0.25, 0.3) is 11.1 Å². The molecule has 2 atom stereocenters. The molecule has 168 valence electrons. The van der Waals surface area contributed by atoms with Gasteiger partial charge in [-0.3, -0.25) is 4.90 Å². The summed E-state index contributed by atoms with van der Waals surface area (Å²) in [6.07, 6.45) is -1.18. The number of carboxylic acids is 1. The molecule has 1 aliphatic heterocycles. The van der Waals surface area contributed by atoms with E-state index in [1.165, 1.54) is 23.1 Å². The Hall–Kier alpha value is -3.87. The summed E-state index contributed by atoms with van der Waals surface area (Å²) in [5, 5.41) is 9.64. The molecule has 1 aliphatic carbocycles. The summed E-state index contributed by atoms with van der Waals surface area (Å²) < 4.78 is 24.8. The van der Waals surface area contributed by atoms with Crippen LogP contribution in [0.1, 0.15) is 23.5 Å². The van der Waals surface area contributed by atoms with Crippen molar-refractivity contribution in [1.82, 2.24) is 4.90 Å². The Morgan fingerprint density at radius 2 is 1.64 bits per heavy atom. The second-order valence-electron chi connectivity index (χ2n) is 8.24. The Labute approximate surface area is 190 Å². The number of ether oxygens (including phenoxy) is 2. The van der Waals surface area contributed by atoms with Crippen LogP contribution in [0.4, 0.5) is 9.18 Å². The molecule has 0 unspecified atom stereocenters. The van der Waals surface area contributed by atoms with E-state index in [1.54, 1.807) is 6.07 Å². The number of carbonyl (C=O) groups excluding carboxylic acids is 1. The van der Waals surface area contributed by atoms with Crippen molar-refractivity contribution in [3.05, 3.63) is 89.7 Å². The molecule has 1 N–H and O–H groups in total. The monoisotopic (exact) mass is 447 g/mol. The van der Waals surface area contributed by atoms with Crippen molar-refractivity contribution in [1.29, 1.82) is 0 Å². The largest absolute Gasteiger partial charge is 0.488 e. The molecule has 0 bridgehead atoms. The van der Waals surface area contributed by atoms with Gasteiger partial charge < -0.3 is 14.6 Å². The van der Waals surface area contributed by atoms with Gasteiger partial charge in [-0.1, -0.05) is 54.6 Å². The molecule has 1 fully saturated rings. The van der Waals surface area contributed by atoms with Crippen molar-refractivity contribution >= 4 is 12.1 Å². The summed E-state index contributed by atoms with van der Waals surface area (Å²) in [5.74, 6) is -1.41. The lowest BCUT2D eigenvalue weighted by atomic mass is 9.98. The molecule has 3 aromatic rings. The lowest BCUT2D eigenvalue weighted by Crippen LogP contribution is -2.41. The van der Waals surface area contributed by atoms with Crippen molar-refractivity contribution in [3.63, 3.8) is 0 Å². The minimum Gasteiger partial charge on any atom is -0.488 e. The van der Waals surface area contributed by atoms with E-state index < -0.39 is 30.0 Å². The van der Waals surface area contributed by atoms with Crippen LogP contribution in [0.2, 0.25) is 0 Å². The Morgan fingerprint density at radius 3 is 2.27 bits per heavy atom. The molecule has 6 nitrogen and oxygen atoms in total. The van der Waals surface area contributed by atoms with Crippen LogP contribution in [-0.2, 0) is 9.53 Å². The topological polar surface area (TPSA) is 76.1 Å². The number of carbonyl (C=O) groups is 2. The van der Waals surface area contributed by atoms with Crippen LogP contribution in [0, 0.1) is 5.82 Å². The number of fused-ring (bicyclic) bond motifs is 3. The lowest BCUT2D eigenvalue weighted by molar-refractivity contribution is -0.141. The van der Waals surface area contributed by atoms with Crippen molar-refractivity contribution < 1.29 is 28.6 Å². The number of hydrogen-bond donors (Lipinski definition) is 1. The average Bonchev–Trinajstić information content (AvgIpc) is 3.37. The van der Waals surface area contributed by atoms with E-state index in [0.29, 0.717) is 5.75 Å². The fraction of sp³-hybridized carbons (Fsp3) is 0.231. The Morgan fingerprint density at radius 1 is 0.970 bits per heavy atom. The van der Waals surface area contributed by atoms with Crippen LogP contribution in [0.5, 0.6) is 5.75 Å². The SMILES string of the molecule is O=C(O)[C@@H]1C[C@@H](Oc2cccc(F)c2)CN1C(=O)OCC1c2ccccc2-c2ccccc21. The first-order valence-corrected chi connectivity index (χ1v) is 10.8. The number of halogens is 1. The number of amides is 1. The first-order chi connectivity index (χ1) is 16.0. The maximum absolute atomic E-state index is 13.5. The fourth-order valence-electron chi connectivity index (χ4n) is 4.73. The summed E-state index contributed by atoms with van der Waals surface area (Å²) >= 11 is 0. The van der Waals surface area contributed by atoms with E-state index in [1.807, 2.05) is 48.5 Å². The second-order valence-corrected chi connectivity index (χ2v) is 8.24. The number of aliphatic carboxylic acids is 1. The molecule has 3 aromatic carbocycles. The number of nitrogens with zero attached hydrogens (tertiary/aromatic N) is 1. The van der Waals surface area contributed by atoms with Crippen molar-refractivity contribution in [2.24, 2.45) is 0 Å². The van der Waals surface area contributed by atoms with E-state index in [4.69, 9.17) is 9.47 Å². The van der Waals surface area contributed by atoms with Gasteiger partial charge in [0.2, 0.25) is 0 Å². The summed E-state index contributed by atoms with van der Waals surface area (Å²) in [6.45, 7) is 0.148. The van der Waals surface area contributed by atoms with Gasteiger partial charge in [0.15, 0.2) is 0 Å². The highest BCUT2D eigenvalue weighted by atomic mass is 19.1. The summed E-state index contributed by atoms with van der Waals surface area (Å²) in [5.41, 5.74) is 4.38. The van der Waals surface area contributed by atoms with Gasteiger partial charge in [-0.15, -0.1) is 0 Å². The number of carboxylic acid groups (broad SMARTS) is 1. The predicted octanol–water partition coefficient (Wildman–Crippen LogP) is 4.68.